The zero-order valence-electron chi connectivity index (χ0n) is 84.6. The Hall–Kier alpha value is -12.8. The number of carboxylic acid groups (broad SMARTS) is 1. The van der Waals surface area contributed by atoms with Crippen molar-refractivity contribution in [3.05, 3.63) is 403 Å². The summed E-state index contributed by atoms with van der Waals surface area (Å²) < 4.78 is 21.1. The first kappa shape index (κ1) is 112. The second kappa shape index (κ2) is 64.4. The molecule has 0 bridgehead atoms. The predicted octanol–water partition coefficient (Wildman–Crippen LogP) is 29.2. The second-order valence-electron chi connectivity index (χ2n) is 37.9. The minimum Gasteiger partial charge on any atom is -0.505 e. The Labute approximate surface area is 835 Å². The van der Waals surface area contributed by atoms with Gasteiger partial charge in [-0.25, -0.2) is 0 Å². The molecule has 5 saturated carbocycles. The van der Waals surface area contributed by atoms with Gasteiger partial charge in [0.15, 0.2) is 5.79 Å². The van der Waals surface area contributed by atoms with E-state index in [9.17, 15) is 9.59 Å². The Bertz CT molecular complexity index is 5610. The molecule has 1 saturated heterocycles. The summed E-state index contributed by atoms with van der Waals surface area (Å²) in [7, 11) is 3.31. The summed E-state index contributed by atoms with van der Waals surface area (Å²) in [6.07, 6.45) is 46.3. The summed E-state index contributed by atoms with van der Waals surface area (Å²) in [4.78, 5) is 30.5. The van der Waals surface area contributed by atoms with Crippen molar-refractivity contribution in [3.63, 3.8) is 0 Å². The number of carbonyl (C=O) groups excluding carboxylic acids is 2. The van der Waals surface area contributed by atoms with E-state index in [0.29, 0.717) is 11.7 Å². The van der Waals surface area contributed by atoms with Crippen molar-refractivity contribution >= 4 is 18.5 Å². The summed E-state index contributed by atoms with van der Waals surface area (Å²) in [5.74, 6) is 37.9. The summed E-state index contributed by atoms with van der Waals surface area (Å²) in [6, 6.07) is 85.3. The molecule has 139 heavy (non-hydrogen) atoms. The van der Waals surface area contributed by atoms with E-state index in [2.05, 4.69) is 373 Å². The first-order chi connectivity index (χ1) is 67.3. The lowest BCUT2D eigenvalue weighted by atomic mass is 9.79. The number of ether oxygens (including phenoxy) is 4. The van der Waals surface area contributed by atoms with Crippen molar-refractivity contribution in [2.45, 2.75) is 247 Å². The average Bonchev–Trinajstić information content (AvgIpc) is 1.71. The summed E-state index contributed by atoms with van der Waals surface area (Å²) in [5, 5.41) is 6.89. The third kappa shape index (κ3) is 44.3. The minimum absolute atomic E-state index is 0. The second-order valence-corrected chi connectivity index (χ2v) is 37.9. The van der Waals surface area contributed by atoms with Gasteiger partial charge in [-0.15, -0.1) is 6.58 Å². The molecule has 726 valence electrons. The molecule has 0 radical (unpaired) electrons. The van der Waals surface area contributed by atoms with Gasteiger partial charge in [0, 0.05) is 87.2 Å². The maximum Gasteiger partial charge on any atom is 0.290 e. The molecule has 0 unspecified atom stereocenters. The van der Waals surface area contributed by atoms with Gasteiger partial charge in [-0.2, -0.15) is 0 Å². The molecule has 9 nitrogen and oxygen atoms in total. The molecule has 0 aromatic heterocycles. The van der Waals surface area contributed by atoms with Gasteiger partial charge in [0.2, 0.25) is 0 Å². The van der Waals surface area contributed by atoms with Crippen LogP contribution in [0.25, 0.3) is 0 Å². The number of carbonyl (C=O) groups is 3. The number of aldehydes is 1. The lowest BCUT2D eigenvalue weighted by Crippen LogP contribution is -2.35. The molecule has 6 fully saturated rings. The predicted molar refractivity (Wildman–Crippen MR) is 579 cm³/mol. The van der Waals surface area contributed by atoms with Gasteiger partial charge < -0.3 is 34.3 Å². The first-order valence-electron chi connectivity index (χ1n) is 50.6. The van der Waals surface area contributed by atoms with Gasteiger partial charge in [0.25, 0.3) is 6.47 Å². The fourth-order valence-electron chi connectivity index (χ4n) is 18.2. The molecule has 5 aliphatic carbocycles. The molecule has 16 rings (SSSR count). The van der Waals surface area contributed by atoms with Crippen LogP contribution < -0.4 is 0 Å². The molecule has 0 amide bonds. The molecule has 9 heteroatoms. The number of ketones is 1. The Morgan fingerprint density at radius 1 is 0.338 bits per heavy atom. The Morgan fingerprint density at radius 3 is 0.777 bits per heavy atom. The Kier molecular flexibility index (Phi) is 51.7. The van der Waals surface area contributed by atoms with Crippen LogP contribution in [0.3, 0.4) is 0 Å². The van der Waals surface area contributed by atoms with Crippen LogP contribution in [0.1, 0.15) is 286 Å². The van der Waals surface area contributed by atoms with Gasteiger partial charge in [0.05, 0.1) is 40.0 Å². The van der Waals surface area contributed by atoms with Gasteiger partial charge in [-0.1, -0.05) is 233 Å². The van der Waals surface area contributed by atoms with Crippen LogP contribution in [0.4, 0.5) is 0 Å². The normalized spacial score (nSPS) is 17.0. The number of hydrogen-bond donors (Lipinski definition) is 1. The van der Waals surface area contributed by atoms with Gasteiger partial charge in [-0.05, 0) is 406 Å². The lowest BCUT2D eigenvalue weighted by Gasteiger charge is -2.35. The number of allylic oxidation sites excluding steroid dienone is 4. The Morgan fingerprint density at radius 2 is 0.554 bits per heavy atom. The number of rotatable bonds is 19. The largest absolute Gasteiger partial charge is 0.505 e. The van der Waals surface area contributed by atoms with Crippen molar-refractivity contribution in [2.75, 3.05) is 27.4 Å². The fourth-order valence-corrected chi connectivity index (χ4v) is 18.2. The lowest BCUT2D eigenvalue weighted by molar-refractivity contribution is -0.182. The Balaban J connectivity index is 0.000000207. The van der Waals surface area contributed by atoms with E-state index in [-0.39, 0.29) is 17.7 Å². The summed E-state index contributed by atoms with van der Waals surface area (Å²) in [5.41, 5.74) is 25.5. The molecule has 1 aliphatic heterocycles. The smallest absolute Gasteiger partial charge is 0.290 e. The molecule has 4 N–H and O–H groups in total. The molecular formula is C130H153O9+. The van der Waals surface area contributed by atoms with Crippen molar-refractivity contribution in [1.29, 1.82) is 0 Å². The summed E-state index contributed by atoms with van der Waals surface area (Å²) in [6.45, 7) is 22.4. The molecule has 1 heterocycles. The number of Topliss-reactive ketones (excluding diaryl/α,β-unsaturated/α-hetero) is 1. The van der Waals surface area contributed by atoms with Crippen LogP contribution in [0.5, 0.6) is 0 Å². The third-order valence-corrected chi connectivity index (χ3v) is 27.0. The van der Waals surface area contributed by atoms with E-state index in [0.717, 1.165) is 181 Å². The van der Waals surface area contributed by atoms with E-state index in [1.165, 1.54) is 189 Å². The number of benzene rings is 10. The topological polar surface area (TPSA) is 141 Å². The van der Waals surface area contributed by atoms with Crippen LogP contribution in [0.2, 0.25) is 0 Å². The average molecular weight is 1860 g/mol. The third-order valence-electron chi connectivity index (χ3n) is 27.0. The number of aryl methyl sites for hydroxylation is 10. The zero-order valence-corrected chi connectivity index (χ0v) is 84.6. The van der Waals surface area contributed by atoms with Crippen molar-refractivity contribution in [2.24, 2.45) is 41.4 Å². The molecule has 0 atom stereocenters. The molecule has 6 aliphatic rings. The van der Waals surface area contributed by atoms with E-state index in [1.54, 1.807) is 20.3 Å². The van der Waals surface area contributed by atoms with Crippen molar-refractivity contribution < 1.29 is 43.9 Å². The SMILES string of the molecule is C/C=C/C1CCC(CCc2ccc(C#Cc3ccc(C)cc3)cc2)CC1.C=CC.C=COC.COC=C1CCC(CCc2ccc(C#Cc3ccc(C)cc3)cc2)CC1.Cc1ccc(C#Cc2ccc(CCC3CCC(=O)CC3)cc2)cc1.Cc1ccc(C#Cc2ccc(CCC3CCC(C=O)CC3)cc2)cc1.Cc1ccc(C#Cc2ccc(CCC3CCC4(CC3)OCCO4)cc2)cc1.O=CO.[OH3+]. The highest BCUT2D eigenvalue weighted by molar-refractivity contribution is 5.79. The van der Waals surface area contributed by atoms with Crippen LogP contribution in [0.15, 0.2) is 292 Å². The number of hydrogen-bond acceptors (Lipinski definition) is 7. The van der Waals surface area contributed by atoms with Crippen LogP contribution >= 0.6 is 0 Å². The fraction of sp³-hybridized carbons (Fsp3) is 0.377. The van der Waals surface area contributed by atoms with Crippen molar-refractivity contribution in [1.82, 2.24) is 0 Å². The highest BCUT2D eigenvalue weighted by atomic mass is 16.7. The highest BCUT2D eigenvalue weighted by Gasteiger charge is 2.40. The van der Waals surface area contributed by atoms with Gasteiger partial charge in [-0.3, -0.25) is 9.59 Å². The zero-order chi connectivity index (χ0) is 98.0. The standard InChI is InChI=1S/C26H30.C25H28O2.C25H28O.C24H26O.C23H24O.C3H6O.C3H6.CH2O2.H2O/c1-3-4-22-9-11-24(12-10-22)15-16-26-19-17-25(18-20-26)14-13-23-7-5-21(2)6-8-23;1-20-2-4-21(5-3-20)6-7-22-8-10-23(11-9-22)12-13-24-14-16-25(17-15-24)26-18-19-27-25;1-20-3-5-21(6-4-20)7-8-22-9-11-23(12-10-22)13-14-24-15-17-25(18-16-24)19-26-2;1-19-2-4-20(5-3-19)6-7-21-8-10-22(11-9-21)12-13-23-14-16-24(18-25)17-15-23;1-18-2-4-19(5-3-18)6-7-20-8-10-21(11-9-20)12-13-22-14-16-23(24)17-15-22;1-3-4-2;1-3-2;2-1-3;/h3-8,17-20,22,24H,9-12,15-16H2,1-2H3;2-5,8-11,24H,12-19H2,1H3;3-6,9-12,19,24H,13-18H2,1-2H3;2-5,8-11,18,23-24H,12-17H2,1H3;2-5,8-11,22H,12-17H2,1H3;3H,1H2,2H3;3H,1H2,2H3;1H,(H,2,3);1H2/p+1/b4-3+;;;;;;;;. The van der Waals surface area contributed by atoms with Gasteiger partial charge >= 0.3 is 0 Å². The van der Waals surface area contributed by atoms with Gasteiger partial charge in [0.1, 0.15) is 12.1 Å². The van der Waals surface area contributed by atoms with E-state index in [4.69, 9.17) is 24.1 Å². The minimum atomic E-state index is -0.250. The van der Waals surface area contributed by atoms with Crippen LogP contribution in [-0.2, 0) is 70.9 Å². The highest BCUT2D eigenvalue weighted by Crippen LogP contribution is 2.41. The van der Waals surface area contributed by atoms with Crippen LogP contribution in [0, 0.1) is 135 Å². The van der Waals surface area contributed by atoms with Crippen LogP contribution in [-0.4, -0.2) is 56.9 Å². The quantitative estimate of drug-likeness (QED) is 0.0277. The maximum absolute atomic E-state index is 11.3. The first-order valence-corrected chi connectivity index (χ1v) is 50.6. The maximum atomic E-state index is 11.3. The molecule has 10 aromatic carbocycles. The van der Waals surface area contributed by atoms with E-state index in [1.807, 2.05) is 13.2 Å². The molecular weight excluding hydrogens is 1710 g/mol. The van der Waals surface area contributed by atoms with Crippen molar-refractivity contribution in [3.8, 4) is 59.2 Å². The van der Waals surface area contributed by atoms with E-state index >= 15 is 0 Å². The number of methoxy groups -OCH3 is 2. The van der Waals surface area contributed by atoms with E-state index < -0.39 is 0 Å². The summed E-state index contributed by atoms with van der Waals surface area (Å²) >= 11 is 0. The monoisotopic (exact) mass is 1860 g/mol. The molecule has 1 spiro atoms. The molecule has 10 aromatic rings.